The molecule has 31 heavy (non-hydrogen) atoms. The first-order valence-corrected chi connectivity index (χ1v) is 10.9. The number of hydrogen-bond acceptors (Lipinski definition) is 5. The van der Waals surface area contributed by atoms with Crippen molar-refractivity contribution >= 4 is 23.8 Å². The topological polar surface area (TPSA) is 105 Å². The molecule has 0 aromatic heterocycles. The molecule has 0 bridgehead atoms. The van der Waals surface area contributed by atoms with Crippen LogP contribution >= 0.6 is 0 Å². The summed E-state index contributed by atoms with van der Waals surface area (Å²) >= 11 is 0. The highest BCUT2D eigenvalue weighted by atomic mass is 16.5. The lowest BCUT2D eigenvalue weighted by molar-refractivity contribution is -0.151. The van der Waals surface area contributed by atoms with Crippen molar-refractivity contribution in [3.05, 3.63) is 35.4 Å². The largest absolute Gasteiger partial charge is 0.454 e. The van der Waals surface area contributed by atoms with Crippen molar-refractivity contribution in [2.75, 3.05) is 13.2 Å². The van der Waals surface area contributed by atoms with E-state index in [0.717, 1.165) is 29.7 Å². The summed E-state index contributed by atoms with van der Waals surface area (Å²) in [7, 11) is 0. The third-order valence-corrected chi connectivity index (χ3v) is 6.08. The fraction of sp³-hybridized carbons (Fsp3) is 0.565. The summed E-state index contributed by atoms with van der Waals surface area (Å²) in [5.41, 5.74) is 1.33. The molecule has 168 valence electrons. The Bertz CT molecular complexity index is 843. The van der Waals surface area contributed by atoms with Gasteiger partial charge in [0.15, 0.2) is 6.61 Å². The molecule has 0 unspecified atom stereocenters. The van der Waals surface area contributed by atoms with Gasteiger partial charge in [0.1, 0.15) is 12.1 Å². The first-order chi connectivity index (χ1) is 14.8. The van der Waals surface area contributed by atoms with Crippen LogP contribution in [-0.4, -0.2) is 47.4 Å². The maximum Gasteiger partial charge on any atom is 0.326 e. The van der Waals surface area contributed by atoms with Crippen LogP contribution in [0.5, 0.6) is 0 Å². The second-order valence-electron chi connectivity index (χ2n) is 8.66. The average molecular weight is 430 g/mol. The van der Waals surface area contributed by atoms with Crippen molar-refractivity contribution in [1.29, 1.82) is 0 Å². The number of imide groups is 1. The molecule has 1 atom stereocenters. The smallest absolute Gasteiger partial charge is 0.326 e. The van der Waals surface area contributed by atoms with Crippen LogP contribution in [0.2, 0.25) is 0 Å². The highest BCUT2D eigenvalue weighted by Gasteiger charge is 2.52. The second kappa shape index (κ2) is 9.49. The standard InChI is InChI=1S/C23H31N3O5/c1-4-16-7-9-17(10-8-16)20(15(2)3)24-18(27)14-31-19(28)13-26-21(29)23(25-22(26)30)11-5-6-12-23/h7-10,15,20H,4-6,11-14H2,1-3H3,(H,24,27)(H,25,30)/t20-/m0/s1. The summed E-state index contributed by atoms with van der Waals surface area (Å²) in [6.07, 6.45) is 3.83. The number of amides is 4. The number of esters is 1. The molecule has 1 aliphatic carbocycles. The lowest BCUT2D eigenvalue weighted by Crippen LogP contribution is -2.44. The minimum absolute atomic E-state index is 0.139. The van der Waals surface area contributed by atoms with Crippen LogP contribution in [0, 0.1) is 5.92 Å². The number of carbonyl (C=O) groups excluding carboxylic acids is 4. The molecule has 1 saturated heterocycles. The highest BCUT2D eigenvalue weighted by Crippen LogP contribution is 2.34. The Morgan fingerprint density at radius 2 is 1.81 bits per heavy atom. The molecule has 2 fully saturated rings. The summed E-state index contributed by atoms with van der Waals surface area (Å²) in [4.78, 5) is 50.2. The molecule has 2 N–H and O–H groups in total. The Morgan fingerprint density at radius 1 is 1.16 bits per heavy atom. The van der Waals surface area contributed by atoms with Crippen molar-refractivity contribution in [3.8, 4) is 0 Å². The summed E-state index contributed by atoms with van der Waals surface area (Å²) in [6, 6.07) is 7.26. The van der Waals surface area contributed by atoms with Gasteiger partial charge in [-0.15, -0.1) is 0 Å². The maximum absolute atomic E-state index is 12.6. The molecule has 2 aliphatic rings. The first-order valence-electron chi connectivity index (χ1n) is 10.9. The van der Waals surface area contributed by atoms with E-state index < -0.39 is 36.6 Å². The van der Waals surface area contributed by atoms with E-state index in [2.05, 4.69) is 17.6 Å². The van der Waals surface area contributed by atoms with Gasteiger partial charge in [-0.2, -0.15) is 0 Å². The number of hydrogen-bond donors (Lipinski definition) is 2. The first kappa shape index (κ1) is 22.8. The minimum Gasteiger partial charge on any atom is -0.454 e. The number of urea groups is 1. The Balaban J connectivity index is 1.51. The Kier molecular flexibility index (Phi) is 6.97. The van der Waals surface area contributed by atoms with Gasteiger partial charge in [0, 0.05) is 0 Å². The van der Waals surface area contributed by atoms with E-state index in [4.69, 9.17) is 4.74 Å². The molecule has 4 amide bonds. The molecule has 0 radical (unpaired) electrons. The van der Waals surface area contributed by atoms with Gasteiger partial charge in [0.25, 0.3) is 11.8 Å². The summed E-state index contributed by atoms with van der Waals surface area (Å²) in [5, 5.41) is 5.61. The molecule has 1 heterocycles. The van der Waals surface area contributed by atoms with E-state index in [1.54, 1.807) is 0 Å². The normalized spacial score (nSPS) is 18.4. The van der Waals surface area contributed by atoms with Crippen LogP contribution in [0.3, 0.4) is 0 Å². The quantitative estimate of drug-likeness (QED) is 0.488. The van der Waals surface area contributed by atoms with Gasteiger partial charge in [0.2, 0.25) is 0 Å². The molecule has 1 aromatic rings. The number of carbonyl (C=O) groups is 4. The summed E-state index contributed by atoms with van der Waals surface area (Å²) < 4.78 is 5.04. The van der Waals surface area contributed by atoms with Crippen molar-refractivity contribution in [3.63, 3.8) is 0 Å². The van der Waals surface area contributed by atoms with Crippen molar-refractivity contribution in [1.82, 2.24) is 15.5 Å². The summed E-state index contributed by atoms with van der Waals surface area (Å²) in [5.74, 6) is -1.47. The van der Waals surface area contributed by atoms with E-state index in [9.17, 15) is 19.2 Å². The number of benzene rings is 1. The van der Waals surface area contributed by atoms with E-state index in [-0.39, 0.29) is 17.9 Å². The zero-order valence-electron chi connectivity index (χ0n) is 18.4. The van der Waals surface area contributed by atoms with Gasteiger partial charge >= 0.3 is 12.0 Å². The number of nitrogens with one attached hydrogen (secondary N) is 2. The van der Waals surface area contributed by atoms with Crippen molar-refractivity contribution in [2.45, 2.75) is 64.5 Å². The molecule has 8 heteroatoms. The van der Waals surface area contributed by atoms with E-state index in [0.29, 0.717) is 12.8 Å². The number of rotatable bonds is 8. The van der Waals surface area contributed by atoms with Crippen LogP contribution in [0.4, 0.5) is 4.79 Å². The van der Waals surface area contributed by atoms with Crippen molar-refractivity contribution in [2.24, 2.45) is 5.92 Å². The second-order valence-corrected chi connectivity index (χ2v) is 8.66. The fourth-order valence-corrected chi connectivity index (χ4v) is 4.27. The molecular formula is C23H31N3O5. The molecular weight excluding hydrogens is 398 g/mol. The lowest BCUT2D eigenvalue weighted by atomic mass is 9.95. The van der Waals surface area contributed by atoms with Crippen molar-refractivity contribution < 1.29 is 23.9 Å². The molecule has 1 spiro atoms. The van der Waals surface area contributed by atoms with Crippen LogP contribution < -0.4 is 10.6 Å². The van der Waals surface area contributed by atoms with Gasteiger partial charge in [-0.25, -0.2) is 4.79 Å². The van der Waals surface area contributed by atoms with Gasteiger partial charge in [0.05, 0.1) is 6.04 Å². The third-order valence-electron chi connectivity index (χ3n) is 6.08. The predicted molar refractivity (Wildman–Crippen MR) is 114 cm³/mol. The molecule has 3 rings (SSSR count). The average Bonchev–Trinajstić information content (AvgIpc) is 3.31. The van der Waals surface area contributed by atoms with Gasteiger partial charge in [-0.3, -0.25) is 19.3 Å². The third kappa shape index (κ3) is 5.06. The Hall–Kier alpha value is -2.90. The van der Waals surface area contributed by atoms with Gasteiger partial charge in [-0.1, -0.05) is 57.9 Å². The Morgan fingerprint density at radius 3 is 2.39 bits per heavy atom. The van der Waals surface area contributed by atoms with E-state index >= 15 is 0 Å². The molecule has 1 aromatic carbocycles. The molecule has 1 aliphatic heterocycles. The zero-order chi connectivity index (χ0) is 22.6. The van der Waals surface area contributed by atoms with Gasteiger partial charge in [-0.05, 0) is 36.3 Å². The van der Waals surface area contributed by atoms with Crippen LogP contribution in [0.15, 0.2) is 24.3 Å². The number of nitrogens with zero attached hydrogens (tertiary/aromatic N) is 1. The predicted octanol–water partition coefficient (Wildman–Crippen LogP) is 2.47. The van der Waals surface area contributed by atoms with E-state index in [1.165, 1.54) is 5.56 Å². The number of ether oxygens (including phenoxy) is 1. The molecule has 8 nitrogen and oxygen atoms in total. The van der Waals surface area contributed by atoms with Crippen LogP contribution in [0.25, 0.3) is 0 Å². The SMILES string of the molecule is CCc1ccc([C@@H](NC(=O)COC(=O)CN2C(=O)NC3(CCCC3)C2=O)C(C)C)cc1. The Labute approximate surface area is 182 Å². The minimum atomic E-state index is -0.869. The maximum atomic E-state index is 12.6. The highest BCUT2D eigenvalue weighted by molar-refractivity contribution is 6.08. The molecule has 1 saturated carbocycles. The summed E-state index contributed by atoms with van der Waals surface area (Å²) in [6.45, 7) is 5.12. The van der Waals surface area contributed by atoms with Gasteiger partial charge < -0.3 is 15.4 Å². The van der Waals surface area contributed by atoms with Crippen LogP contribution in [0.1, 0.15) is 63.6 Å². The van der Waals surface area contributed by atoms with E-state index in [1.807, 2.05) is 38.1 Å². The lowest BCUT2D eigenvalue weighted by Gasteiger charge is -2.23. The number of aryl methyl sites for hydroxylation is 1. The zero-order valence-corrected chi connectivity index (χ0v) is 18.4. The van der Waals surface area contributed by atoms with Crippen LogP contribution in [-0.2, 0) is 25.5 Å². The monoisotopic (exact) mass is 429 g/mol. The fourth-order valence-electron chi connectivity index (χ4n) is 4.27.